The smallest absolute Gasteiger partial charge is 0.326 e. The Hall–Kier alpha value is -1.85. The second kappa shape index (κ2) is 6.07. The molecule has 0 spiro atoms. The molecular formula is C14H21N3O3. The van der Waals surface area contributed by atoms with Crippen LogP contribution in [-0.2, 0) is 9.59 Å². The molecule has 6 heteroatoms. The minimum Gasteiger partial charge on any atom is -0.352 e. The van der Waals surface area contributed by atoms with Crippen molar-refractivity contribution in [1.29, 1.82) is 0 Å². The zero-order valence-corrected chi connectivity index (χ0v) is 12.0. The lowest BCUT2D eigenvalue weighted by atomic mass is 9.99. The fourth-order valence-corrected chi connectivity index (χ4v) is 2.60. The van der Waals surface area contributed by atoms with E-state index >= 15 is 0 Å². The first kappa shape index (κ1) is 14.6. The number of hydrogen-bond donors (Lipinski definition) is 1. The van der Waals surface area contributed by atoms with Crippen LogP contribution in [-0.4, -0.2) is 54.3 Å². The van der Waals surface area contributed by atoms with Gasteiger partial charge in [0.1, 0.15) is 6.04 Å². The molecule has 2 rings (SSSR count). The molecule has 110 valence electrons. The Morgan fingerprint density at radius 2 is 2.10 bits per heavy atom. The minimum atomic E-state index is -0.673. The third-order valence-electron chi connectivity index (χ3n) is 3.95. The first-order valence-corrected chi connectivity index (χ1v) is 6.99. The van der Waals surface area contributed by atoms with Gasteiger partial charge in [-0.2, -0.15) is 0 Å². The number of rotatable bonds is 4. The Balaban J connectivity index is 1.84. The molecule has 1 atom stereocenters. The maximum atomic E-state index is 11.9. The predicted molar refractivity (Wildman–Crippen MR) is 73.9 cm³/mol. The van der Waals surface area contributed by atoms with Crippen LogP contribution in [0.4, 0.5) is 4.79 Å². The van der Waals surface area contributed by atoms with Gasteiger partial charge in [-0.1, -0.05) is 11.6 Å². The van der Waals surface area contributed by atoms with Gasteiger partial charge in [-0.05, 0) is 25.7 Å². The van der Waals surface area contributed by atoms with E-state index < -0.39 is 6.04 Å². The monoisotopic (exact) mass is 279 g/mol. The molecule has 6 nitrogen and oxygen atoms in total. The molecule has 1 aliphatic heterocycles. The molecule has 1 N–H and O–H groups in total. The Kier molecular flexibility index (Phi) is 4.42. The summed E-state index contributed by atoms with van der Waals surface area (Å²) in [5.74, 6) is -0.505. The van der Waals surface area contributed by atoms with Crippen molar-refractivity contribution in [3.8, 4) is 0 Å². The molecule has 0 unspecified atom stereocenters. The second-order valence-electron chi connectivity index (χ2n) is 5.40. The van der Waals surface area contributed by atoms with Crippen LogP contribution in [0.2, 0.25) is 0 Å². The molecule has 0 radical (unpaired) electrons. The van der Waals surface area contributed by atoms with Crippen LogP contribution in [0.1, 0.15) is 32.1 Å². The number of urea groups is 1. The topological polar surface area (TPSA) is 69.7 Å². The highest BCUT2D eigenvalue weighted by Crippen LogP contribution is 2.18. The Morgan fingerprint density at radius 1 is 1.35 bits per heavy atom. The van der Waals surface area contributed by atoms with Crippen molar-refractivity contribution in [1.82, 2.24) is 15.1 Å². The van der Waals surface area contributed by atoms with Crippen molar-refractivity contribution >= 4 is 17.8 Å². The maximum absolute atomic E-state index is 11.9. The maximum Gasteiger partial charge on any atom is 0.326 e. The molecule has 0 aromatic rings. The van der Waals surface area contributed by atoms with Gasteiger partial charge in [0.05, 0.1) is 6.42 Å². The number of nitrogens with one attached hydrogen (secondary N) is 1. The van der Waals surface area contributed by atoms with E-state index in [1.807, 2.05) is 0 Å². The van der Waals surface area contributed by atoms with Crippen LogP contribution >= 0.6 is 0 Å². The van der Waals surface area contributed by atoms with Crippen molar-refractivity contribution in [3.63, 3.8) is 0 Å². The molecule has 2 aliphatic rings. The van der Waals surface area contributed by atoms with E-state index in [-0.39, 0.29) is 24.3 Å². The van der Waals surface area contributed by atoms with Gasteiger partial charge >= 0.3 is 6.03 Å². The largest absolute Gasteiger partial charge is 0.352 e. The van der Waals surface area contributed by atoms with Crippen LogP contribution < -0.4 is 5.32 Å². The highest BCUT2D eigenvalue weighted by Gasteiger charge is 2.41. The van der Waals surface area contributed by atoms with Crippen molar-refractivity contribution in [3.05, 3.63) is 11.6 Å². The molecular weight excluding hydrogens is 258 g/mol. The molecule has 1 saturated heterocycles. The summed E-state index contributed by atoms with van der Waals surface area (Å²) in [7, 11) is 2.98. The van der Waals surface area contributed by atoms with Gasteiger partial charge in [-0.15, -0.1) is 0 Å². The van der Waals surface area contributed by atoms with Gasteiger partial charge in [-0.3, -0.25) is 14.5 Å². The fourth-order valence-electron chi connectivity index (χ4n) is 2.60. The predicted octanol–water partition coefficient (Wildman–Crippen LogP) is 0.885. The molecule has 1 heterocycles. The van der Waals surface area contributed by atoms with E-state index in [9.17, 15) is 14.4 Å². The lowest BCUT2D eigenvalue weighted by molar-refractivity contribution is -0.131. The van der Waals surface area contributed by atoms with Crippen LogP contribution in [0.3, 0.4) is 0 Å². The summed E-state index contributed by atoms with van der Waals surface area (Å²) in [6.45, 7) is 0.549. The number of carbonyl (C=O) groups is 3. The Morgan fingerprint density at radius 3 is 2.65 bits per heavy atom. The normalized spacial score (nSPS) is 23.1. The molecule has 1 aliphatic carbocycles. The van der Waals surface area contributed by atoms with Crippen LogP contribution in [0, 0.1) is 0 Å². The summed E-state index contributed by atoms with van der Waals surface area (Å²) in [6.07, 6.45) is 6.70. The molecule has 20 heavy (non-hydrogen) atoms. The molecule has 0 aromatic heterocycles. The molecule has 0 saturated carbocycles. The highest BCUT2D eigenvalue weighted by atomic mass is 16.2. The number of amides is 4. The van der Waals surface area contributed by atoms with Gasteiger partial charge in [-0.25, -0.2) is 4.79 Å². The standard InChI is InChI=1S/C14H21N3O3/c1-16-11(13(19)17(2)14(16)20)8-12(18)15-9-10-6-4-3-5-7-10/h6,11H,3-5,7-9H2,1-2H3,(H,15,18)/t11-/m1/s1. The summed E-state index contributed by atoms with van der Waals surface area (Å²) in [5.41, 5.74) is 1.25. The third-order valence-corrected chi connectivity index (χ3v) is 3.95. The van der Waals surface area contributed by atoms with Crippen molar-refractivity contribution in [2.45, 2.75) is 38.1 Å². The van der Waals surface area contributed by atoms with Gasteiger partial charge in [0, 0.05) is 20.6 Å². The van der Waals surface area contributed by atoms with Crippen molar-refractivity contribution < 1.29 is 14.4 Å². The van der Waals surface area contributed by atoms with Crippen LogP contribution in [0.25, 0.3) is 0 Å². The number of likely N-dealkylation sites (N-methyl/N-ethyl adjacent to an activating group) is 2. The number of imide groups is 1. The second-order valence-corrected chi connectivity index (χ2v) is 5.40. The average molecular weight is 279 g/mol. The Bertz CT molecular complexity index is 459. The van der Waals surface area contributed by atoms with E-state index in [0.717, 1.165) is 17.7 Å². The van der Waals surface area contributed by atoms with Gasteiger partial charge < -0.3 is 10.2 Å². The molecule has 0 bridgehead atoms. The van der Waals surface area contributed by atoms with Crippen LogP contribution in [0.5, 0.6) is 0 Å². The highest BCUT2D eigenvalue weighted by molar-refractivity contribution is 6.05. The molecule has 1 fully saturated rings. The van der Waals surface area contributed by atoms with E-state index in [1.165, 1.54) is 30.4 Å². The lowest BCUT2D eigenvalue weighted by Gasteiger charge is -2.17. The van der Waals surface area contributed by atoms with Crippen LogP contribution in [0.15, 0.2) is 11.6 Å². The van der Waals surface area contributed by atoms with E-state index in [0.29, 0.717) is 6.54 Å². The average Bonchev–Trinajstić information content (AvgIpc) is 2.64. The minimum absolute atomic E-state index is 0.0265. The van der Waals surface area contributed by atoms with Gasteiger partial charge in [0.2, 0.25) is 5.91 Å². The zero-order valence-electron chi connectivity index (χ0n) is 12.0. The van der Waals surface area contributed by atoms with Crippen molar-refractivity contribution in [2.75, 3.05) is 20.6 Å². The summed E-state index contributed by atoms with van der Waals surface area (Å²) in [5, 5.41) is 2.83. The van der Waals surface area contributed by atoms with Gasteiger partial charge in [0.25, 0.3) is 5.91 Å². The SMILES string of the molecule is CN1C(=O)[C@@H](CC(=O)NCC2=CCCCC2)N(C)C1=O. The summed E-state index contributed by atoms with van der Waals surface area (Å²) in [6, 6.07) is -1.03. The first-order valence-electron chi connectivity index (χ1n) is 6.99. The molecule has 4 amide bonds. The molecule has 0 aromatic carbocycles. The third kappa shape index (κ3) is 3.00. The van der Waals surface area contributed by atoms with Gasteiger partial charge in [0.15, 0.2) is 0 Å². The van der Waals surface area contributed by atoms with Crippen molar-refractivity contribution in [2.24, 2.45) is 0 Å². The number of nitrogens with zero attached hydrogens (tertiary/aromatic N) is 2. The summed E-state index contributed by atoms with van der Waals surface area (Å²) in [4.78, 5) is 37.7. The summed E-state index contributed by atoms with van der Waals surface area (Å²) < 4.78 is 0. The number of allylic oxidation sites excluding steroid dienone is 1. The number of carbonyl (C=O) groups excluding carboxylic acids is 3. The van der Waals surface area contributed by atoms with E-state index in [1.54, 1.807) is 7.05 Å². The zero-order chi connectivity index (χ0) is 14.7. The van der Waals surface area contributed by atoms with E-state index in [2.05, 4.69) is 11.4 Å². The van der Waals surface area contributed by atoms with E-state index in [4.69, 9.17) is 0 Å². The first-order chi connectivity index (χ1) is 9.50. The summed E-state index contributed by atoms with van der Waals surface area (Å²) >= 11 is 0. The quantitative estimate of drug-likeness (QED) is 0.613. The number of hydrogen-bond acceptors (Lipinski definition) is 3. The Labute approximate surface area is 118 Å². The fraction of sp³-hybridized carbons (Fsp3) is 0.643. The lowest BCUT2D eigenvalue weighted by Crippen LogP contribution is -2.38.